The molecule has 2 aromatic heterocycles. The van der Waals surface area contributed by atoms with E-state index in [4.69, 9.17) is 21.1 Å². The third kappa shape index (κ3) is 2.04. The molecule has 0 atom stereocenters. The molecular formula is C15H11ClN2O2S. The van der Waals surface area contributed by atoms with Gasteiger partial charge in [0.05, 0.1) is 10.4 Å². The lowest BCUT2D eigenvalue weighted by atomic mass is 10.2. The summed E-state index contributed by atoms with van der Waals surface area (Å²) >= 11 is 7.99. The van der Waals surface area contributed by atoms with E-state index in [1.54, 1.807) is 11.3 Å². The van der Waals surface area contributed by atoms with Crippen molar-refractivity contribution in [2.75, 3.05) is 6.79 Å². The number of hydrogen-bond acceptors (Lipinski definition) is 5. The minimum absolute atomic E-state index is 0.229. The smallest absolute Gasteiger partial charge is 0.231 e. The van der Waals surface area contributed by atoms with Gasteiger partial charge in [0, 0.05) is 16.3 Å². The number of thiophene rings is 1. The zero-order valence-electron chi connectivity index (χ0n) is 11.4. The zero-order chi connectivity index (χ0) is 14.6. The van der Waals surface area contributed by atoms with E-state index in [9.17, 15) is 0 Å². The summed E-state index contributed by atoms with van der Waals surface area (Å²) in [5.74, 6) is 2.03. The van der Waals surface area contributed by atoms with E-state index in [0.29, 0.717) is 22.5 Å². The number of benzene rings is 1. The molecule has 0 spiro atoms. The van der Waals surface area contributed by atoms with E-state index < -0.39 is 0 Å². The first-order valence-electron chi connectivity index (χ1n) is 6.46. The molecule has 1 aromatic carbocycles. The van der Waals surface area contributed by atoms with E-state index in [1.165, 1.54) is 10.4 Å². The maximum atomic E-state index is 6.32. The van der Waals surface area contributed by atoms with Crippen molar-refractivity contribution in [1.29, 1.82) is 0 Å². The van der Waals surface area contributed by atoms with Gasteiger partial charge in [-0.3, -0.25) is 0 Å². The second-order valence-corrected chi connectivity index (χ2v) is 6.52. The molecule has 4 nitrogen and oxygen atoms in total. The summed E-state index contributed by atoms with van der Waals surface area (Å²) in [7, 11) is 0. The van der Waals surface area contributed by atoms with Crippen molar-refractivity contribution in [2.24, 2.45) is 0 Å². The highest BCUT2D eigenvalue weighted by atomic mass is 35.5. The van der Waals surface area contributed by atoms with Gasteiger partial charge in [0.2, 0.25) is 6.79 Å². The molecule has 1 aliphatic rings. The number of hydrogen-bond donors (Lipinski definition) is 0. The summed E-state index contributed by atoms with van der Waals surface area (Å²) in [5.41, 5.74) is 2.00. The first-order chi connectivity index (χ1) is 10.1. The fourth-order valence-corrected chi connectivity index (χ4v) is 3.47. The second kappa shape index (κ2) is 4.58. The maximum Gasteiger partial charge on any atom is 0.231 e. The van der Waals surface area contributed by atoms with E-state index in [-0.39, 0.29) is 6.79 Å². The topological polar surface area (TPSA) is 44.2 Å². The van der Waals surface area contributed by atoms with Crippen molar-refractivity contribution in [2.45, 2.75) is 13.8 Å². The van der Waals surface area contributed by atoms with Crippen LogP contribution in [-0.2, 0) is 0 Å². The Bertz CT molecular complexity index is 856. The third-order valence-corrected chi connectivity index (χ3v) is 4.97. The summed E-state index contributed by atoms with van der Waals surface area (Å²) in [6.07, 6.45) is 0. The van der Waals surface area contributed by atoms with Gasteiger partial charge in [-0.2, -0.15) is 0 Å². The van der Waals surface area contributed by atoms with Gasteiger partial charge in [0.1, 0.15) is 5.15 Å². The molecule has 0 radical (unpaired) electrons. The van der Waals surface area contributed by atoms with Gasteiger partial charge in [0.25, 0.3) is 0 Å². The minimum atomic E-state index is 0.229. The SMILES string of the molecule is Cc1cc(-c2nc(Cl)c3cc4c(cc3n2)OCO4)sc1C. The van der Waals surface area contributed by atoms with Crippen LogP contribution in [0.25, 0.3) is 21.6 Å². The number of nitrogens with zero attached hydrogens (tertiary/aromatic N) is 2. The lowest BCUT2D eigenvalue weighted by Crippen LogP contribution is -1.92. The Balaban J connectivity index is 1.94. The summed E-state index contributed by atoms with van der Waals surface area (Å²) in [6, 6.07) is 5.77. The molecule has 0 amide bonds. The van der Waals surface area contributed by atoms with Crippen LogP contribution in [0.5, 0.6) is 11.5 Å². The van der Waals surface area contributed by atoms with Gasteiger partial charge in [-0.15, -0.1) is 11.3 Å². The summed E-state index contributed by atoms with van der Waals surface area (Å²) in [5, 5.41) is 1.20. The average molecular weight is 319 g/mol. The monoisotopic (exact) mass is 318 g/mol. The Hall–Kier alpha value is -1.85. The Morgan fingerprint density at radius 1 is 1.10 bits per heavy atom. The van der Waals surface area contributed by atoms with E-state index in [0.717, 1.165) is 15.8 Å². The standard InChI is InChI=1S/C15H11ClN2O2S/c1-7-3-13(21-8(7)2)15-17-10-5-12-11(19-6-20-12)4-9(10)14(16)18-15/h3-5H,6H2,1-2H3. The third-order valence-electron chi connectivity index (χ3n) is 3.53. The molecule has 3 aromatic rings. The lowest BCUT2D eigenvalue weighted by molar-refractivity contribution is 0.174. The molecule has 0 N–H and O–H groups in total. The number of rotatable bonds is 1. The molecule has 0 aliphatic carbocycles. The van der Waals surface area contributed by atoms with Crippen LogP contribution in [0.4, 0.5) is 0 Å². The molecule has 0 unspecified atom stereocenters. The van der Waals surface area contributed by atoms with Crippen LogP contribution in [-0.4, -0.2) is 16.8 Å². The Morgan fingerprint density at radius 2 is 1.86 bits per heavy atom. The van der Waals surface area contributed by atoms with Crippen molar-refractivity contribution in [3.63, 3.8) is 0 Å². The van der Waals surface area contributed by atoms with Crippen molar-refractivity contribution >= 4 is 33.8 Å². The summed E-state index contributed by atoms with van der Waals surface area (Å²) in [4.78, 5) is 11.3. The van der Waals surface area contributed by atoms with E-state index in [1.807, 2.05) is 12.1 Å². The first-order valence-corrected chi connectivity index (χ1v) is 7.65. The van der Waals surface area contributed by atoms with Crippen LogP contribution in [0.1, 0.15) is 10.4 Å². The summed E-state index contributed by atoms with van der Waals surface area (Å²) in [6.45, 7) is 4.40. The molecule has 0 saturated heterocycles. The first kappa shape index (κ1) is 12.9. The van der Waals surface area contributed by atoms with E-state index in [2.05, 4.69) is 29.9 Å². The van der Waals surface area contributed by atoms with Gasteiger partial charge >= 0.3 is 0 Å². The fourth-order valence-electron chi connectivity index (χ4n) is 2.27. The Morgan fingerprint density at radius 3 is 2.57 bits per heavy atom. The second-order valence-electron chi connectivity index (χ2n) is 4.91. The van der Waals surface area contributed by atoms with Crippen molar-refractivity contribution < 1.29 is 9.47 Å². The van der Waals surface area contributed by atoms with Crippen molar-refractivity contribution in [1.82, 2.24) is 9.97 Å². The van der Waals surface area contributed by atoms with Crippen molar-refractivity contribution in [3.8, 4) is 22.2 Å². The molecule has 0 saturated carbocycles. The highest BCUT2D eigenvalue weighted by Crippen LogP contribution is 2.38. The molecule has 106 valence electrons. The van der Waals surface area contributed by atoms with Gasteiger partial charge in [-0.05, 0) is 31.5 Å². The van der Waals surface area contributed by atoms with Gasteiger partial charge in [0.15, 0.2) is 17.3 Å². The van der Waals surface area contributed by atoms with Crippen LogP contribution in [0.3, 0.4) is 0 Å². The number of halogens is 1. The maximum absolute atomic E-state index is 6.32. The van der Waals surface area contributed by atoms with Gasteiger partial charge in [-0.1, -0.05) is 11.6 Å². The lowest BCUT2D eigenvalue weighted by Gasteiger charge is -2.04. The predicted molar refractivity (Wildman–Crippen MR) is 83.5 cm³/mol. The number of fused-ring (bicyclic) bond motifs is 2. The molecular weight excluding hydrogens is 308 g/mol. The highest BCUT2D eigenvalue weighted by molar-refractivity contribution is 7.15. The van der Waals surface area contributed by atoms with E-state index >= 15 is 0 Å². The molecule has 6 heteroatoms. The molecule has 21 heavy (non-hydrogen) atoms. The molecule has 1 aliphatic heterocycles. The molecule has 0 bridgehead atoms. The van der Waals surface area contributed by atoms with Crippen LogP contribution in [0, 0.1) is 13.8 Å². The molecule has 0 fully saturated rings. The van der Waals surface area contributed by atoms with Gasteiger partial charge < -0.3 is 9.47 Å². The molecule has 4 rings (SSSR count). The summed E-state index contributed by atoms with van der Waals surface area (Å²) < 4.78 is 10.8. The predicted octanol–water partition coefficient (Wildman–Crippen LogP) is 4.36. The average Bonchev–Trinajstić information content (AvgIpc) is 3.03. The number of ether oxygens (including phenoxy) is 2. The van der Waals surface area contributed by atoms with Crippen LogP contribution in [0.15, 0.2) is 18.2 Å². The van der Waals surface area contributed by atoms with Gasteiger partial charge in [-0.25, -0.2) is 9.97 Å². The van der Waals surface area contributed by atoms with Crippen LogP contribution < -0.4 is 9.47 Å². The minimum Gasteiger partial charge on any atom is -0.454 e. The highest BCUT2D eigenvalue weighted by Gasteiger charge is 2.18. The molecule has 3 heterocycles. The largest absolute Gasteiger partial charge is 0.454 e. The van der Waals surface area contributed by atoms with Crippen LogP contribution >= 0.6 is 22.9 Å². The number of aryl methyl sites for hydroxylation is 2. The Kier molecular flexibility index (Phi) is 2.80. The zero-order valence-corrected chi connectivity index (χ0v) is 13.0. The quantitative estimate of drug-likeness (QED) is 0.625. The normalized spacial score (nSPS) is 13.1. The van der Waals surface area contributed by atoms with Crippen molar-refractivity contribution in [3.05, 3.63) is 33.8 Å². The van der Waals surface area contributed by atoms with Crippen LogP contribution in [0.2, 0.25) is 5.15 Å². The Labute approximate surface area is 130 Å². The number of aromatic nitrogens is 2. The fraction of sp³-hybridized carbons (Fsp3) is 0.200.